The Morgan fingerprint density at radius 3 is 1.84 bits per heavy atom. The Morgan fingerprint density at radius 1 is 1.21 bits per heavy atom. The van der Waals surface area contributed by atoms with Gasteiger partial charge in [-0.2, -0.15) is 0 Å². The predicted molar refractivity (Wildman–Crippen MR) is 76.9 cm³/mol. The fourth-order valence-corrected chi connectivity index (χ4v) is 3.09. The third kappa shape index (κ3) is 4.30. The highest BCUT2D eigenvalue weighted by Crippen LogP contribution is 2.59. The lowest BCUT2D eigenvalue weighted by Gasteiger charge is -2.10. The van der Waals surface area contributed by atoms with Crippen molar-refractivity contribution in [2.75, 3.05) is 26.2 Å². The lowest BCUT2D eigenvalue weighted by Crippen LogP contribution is -2.24. The van der Waals surface area contributed by atoms with E-state index in [1.165, 1.54) is 32.9 Å². The molecule has 0 aromatic rings. The molecule has 2 aliphatic heterocycles. The molecule has 0 aromatic heterocycles. The van der Waals surface area contributed by atoms with Crippen LogP contribution in [-0.2, 0) is 9.59 Å². The summed E-state index contributed by atoms with van der Waals surface area (Å²) in [5.41, 5.74) is 0.700. The standard InChI is InChI=1S/C7H13N.C6H11NO.C2H4O/c1-7(2)5-3-8-4-6(5)7;1-6(8)7-4-2-3-5-7;1-2-3/h5-6,8H,3-4H2,1-2H3;2-5H2,1H3;2H,1H3. The van der Waals surface area contributed by atoms with E-state index in [1.54, 1.807) is 6.92 Å². The molecular weight excluding hydrogens is 240 g/mol. The van der Waals surface area contributed by atoms with E-state index in [0.717, 1.165) is 31.2 Å². The van der Waals surface area contributed by atoms with Gasteiger partial charge < -0.3 is 15.0 Å². The van der Waals surface area contributed by atoms with Gasteiger partial charge in [-0.1, -0.05) is 13.8 Å². The number of fused-ring (bicyclic) bond motifs is 1. The number of carbonyl (C=O) groups is 2. The Kier molecular flexibility index (Phi) is 5.98. The molecule has 2 heterocycles. The van der Waals surface area contributed by atoms with Gasteiger partial charge in [0.05, 0.1) is 0 Å². The van der Waals surface area contributed by atoms with Gasteiger partial charge in [-0.15, -0.1) is 0 Å². The van der Waals surface area contributed by atoms with Gasteiger partial charge in [-0.05, 0) is 50.1 Å². The number of nitrogens with zero attached hydrogens (tertiary/aromatic N) is 1. The molecule has 1 amide bonds. The smallest absolute Gasteiger partial charge is 0.219 e. The van der Waals surface area contributed by atoms with Crippen LogP contribution in [0.15, 0.2) is 0 Å². The normalized spacial score (nSPS) is 29.4. The Morgan fingerprint density at radius 2 is 1.63 bits per heavy atom. The van der Waals surface area contributed by atoms with Gasteiger partial charge in [0.2, 0.25) is 5.91 Å². The maximum atomic E-state index is 10.6. The van der Waals surface area contributed by atoms with Crippen molar-refractivity contribution in [3.63, 3.8) is 0 Å². The van der Waals surface area contributed by atoms with Crippen LogP contribution in [0.5, 0.6) is 0 Å². The maximum Gasteiger partial charge on any atom is 0.219 e. The number of amides is 1. The van der Waals surface area contributed by atoms with Crippen LogP contribution in [0.1, 0.15) is 40.5 Å². The highest BCUT2D eigenvalue weighted by atomic mass is 16.2. The lowest BCUT2D eigenvalue weighted by atomic mass is 10.1. The van der Waals surface area contributed by atoms with Crippen LogP contribution in [0.4, 0.5) is 0 Å². The van der Waals surface area contributed by atoms with Crippen molar-refractivity contribution in [2.45, 2.75) is 40.5 Å². The number of likely N-dealkylation sites (tertiary alicyclic amines) is 1. The van der Waals surface area contributed by atoms with Crippen molar-refractivity contribution in [3.8, 4) is 0 Å². The molecule has 1 N–H and O–H groups in total. The minimum atomic E-state index is 0.225. The summed E-state index contributed by atoms with van der Waals surface area (Å²) >= 11 is 0. The van der Waals surface area contributed by atoms with Gasteiger partial charge in [0.15, 0.2) is 0 Å². The second kappa shape index (κ2) is 7.04. The molecule has 110 valence electrons. The second-order valence-electron chi connectivity index (χ2n) is 6.14. The highest BCUT2D eigenvalue weighted by molar-refractivity contribution is 5.73. The molecule has 4 nitrogen and oxygen atoms in total. The first kappa shape index (κ1) is 16.2. The van der Waals surface area contributed by atoms with Gasteiger partial charge >= 0.3 is 0 Å². The first-order valence-electron chi connectivity index (χ1n) is 7.31. The molecule has 0 aromatic carbocycles. The number of rotatable bonds is 0. The number of nitrogens with one attached hydrogen (secondary N) is 1. The summed E-state index contributed by atoms with van der Waals surface area (Å²) in [5.74, 6) is 2.26. The van der Waals surface area contributed by atoms with E-state index < -0.39 is 0 Å². The molecule has 0 bridgehead atoms. The Labute approximate surface area is 116 Å². The van der Waals surface area contributed by atoms with E-state index in [2.05, 4.69) is 19.2 Å². The number of hydrogen-bond acceptors (Lipinski definition) is 3. The monoisotopic (exact) mass is 268 g/mol. The Balaban J connectivity index is 0.000000159. The highest BCUT2D eigenvalue weighted by Gasteiger charge is 2.59. The van der Waals surface area contributed by atoms with E-state index in [9.17, 15) is 4.79 Å². The van der Waals surface area contributed by atoms with Gasteiger partial charge in [0, 0.05) is 20.0 Å². The van der Waals surface area contributed by atoms with Gasteiger partial charge in [0.1, 0.15) is 6.29 Å². The molecule has 1 saturated carbocycles. The van der Waals surface area contributed by atoms with E-state index in [-0.39, 0.29) is 5.91 Å². The summed E-state index contributed by atoms with van der Waals surface area (Å²) in [7, 11) is 0. The Bertz CT molecular complexity index is 297. The molecule has 4 heteroatoms. The van der Waals surface area contributed by atoms with Crippen LogP contribution in [0.2, 0.25) is 0 Å². The molecule has 1 aliphatic carbocycles. The van der Waals surface area contributed by atoms with Crippen molar-refractivity contribution < 1.29 is 9.59 Å². The third-order valence-corrected chi connectivity index (χ3v) is 4.57. The molecule has 2 saturated heterocycles. The number of aldehydes is 1. The lowest BCUT2D eigenvalue weighted by molar-refractivity contribution is -0.127. The van der Waals surface area contributed by atoms with Gasteiger partial charge in [-0.25, -0.2) is 0 Å². The van der Waals surface area contributed by atoms with Crippen LogP contribution < -0.4 is 5.32 Å². The zero-order chi connectivity index (χ0) is 14.5. The first-order chi connectivity index (χ1) is 8.95. The summed E-state index contributed by atoms with van der Waals surface area (Å²) in [6.07, 6.45) is 3.14. The zero-order valence-corrected chi connectivity index (χ0v) is 12.7. The maximum absolute atomic E-state index is 10.6. The van der Waals surface area contributed by atoms with E-state index in [0.29, 0.717) is 5.41 Å². The van der Waals surface area contributed by atoms with Crippen LogP contribution in [0, 0.1) is 17.3 Å². The molecular formula is C15H28N2O2. The van der Waals surface area contributed by atoms with Crippen LogP contribution in [-0.4, -0.2) is 43.3 Å². The topological polar surface area (TPSA) is 49.4 Å². The molecule has 2 atom stereocenters. The van der Waals surface area contributed by atoms with Crippen molar-refractivity contribution in [2.24, 2.45) is 17.3 Å². The minimum absolute atomic E-state index is 0.225. The first-order valence-corrected chi connectivity index (χ1v) is 7.31. The Hall–Kier alpha value is -0.900. The summed E-state index contributed by atoms with van der Waals surface area (Å²) in [4.78, 5) is 21.3. The molecule has 3 aliphatic rings. The second-order valence-corrected chi connectivity index (χ2v) is 6.14. The van der Waals surface area contributed by atoms with Crippen LogP contribution >= 0.6 is 0 Å². The number of carbonyl (C=O) groups excluding carboxylic acids is 2. The van der Waals surface area contributed by atoms with Crippen LogP contribution in [0.3, 0.4) is 0 Å². The number of piperidine rings is 1. The fourth-order valence-electron chi connectivity index (χ4n) is 3.09. The molecule has 19 heavy (non-hydrogen) atoms. The van der Waals surface area contributed by atoms with Crippen molar-refractivity contribution in [1.29, 1.82) is 0 Å². The summed E-state index contributed by atoms with van der Waals surface area (Å²) in [6, 6.07) is 0. The number of hydrogen-bond donors (Lipinski definition) is 1. The van der Waals surface area contributed by atoms with Crippen molar-refractivity contribution in [1.82, 2.24) is 10.2 Å². The molecule has 3 rings (SSSR count). The molecule has 0 radical (unpaired) electrons. The molecule has 2 unspecified atom stereocenters. The molecule has 0 spiro atoms. The summed E-state index contributed by atoms with van der Waals surface area (Å²) in [5, 5.41) is 3.38. The molecule has 3 fully saturated rings. The van der Waals surface area contributed by atoms with Crippen LogP contribution in [0.25, 0.3) is 0 Å². The third-order valence-electron chi connectivity index (χ3n) is 4.57. The fraction of sp³-hybridized carbons (Fsp3) is 0.867. The van der Waals surface area contributed by atoms with Gasteiger partial charge in [-0.3, -0.25) is 4.79 Å². The van der Waals surface area contributed by atoms with E-state index in [4.69, 9.17) is 4.79 Å². The van der Waals surface area contributed by atoms with Crippen molar-refractivity contribution in [3.05, 3.63) is 0 Å². The largest absolute Gasteiger partial charge is 0.343 e. The average Bonchev–Trinajstić information content (AvgIpc) is 2.87. The quantitative estimate of drug-likeness (QED) is 0.680. The zero-order valence-electron chi connectivity index (χ0n) is 12.7. The van der Waals surface area contributed by atoms with Crippen molar-refractivity contribution >= 4 is 12.2 Å². The SMILES string of the molecule is CC(=O)N1CCCC1.CC1(C)C2CNCC21.CC=O. The minimum Gasteiger partial charge on any atom is -0.343 e. The van der Waals surface area contributed by atoms with E-state index >= 15 is 0 Å². The average molecular weight is 268 g/mol. The predicted octanol–water partition coefficient (Wildman–Crippen LogP) is 1.70. The summed E-state index contributed by atoms with van der Waals surface area (Å²) < 4.78 is 0. The van der Waals surface area contributed by atoms with E-state index in [1.807, 2.05) is 4.90 Å². The van der Waals surface area contributed by atoms with Gasteiger partial charge in [0.25, 0.3) is 0 Å². The summed E-state index contributed by atoms with van der Waals surface area (Å²) in [6.45, 7) is 12.3.